The first-order valence-electron chi connectivity index (χ1n) is 14.6. The van der Waals surface area contributed by atoms with Gasteiger partial charge < -0.3 is 26.6 Å². The Morgan fingerprint density at radius 1 is 1.02 bits per heavy atom. The largest absolute Gasteiger partial charge is 0.364 e. The van der Waals surface area contributed by atoms with Crippen LogP contribution < -0.4 is 26.6 Å². The molecule has 2 aliphatic heterocycles. The summed E-state index contributed by atoms with van der Waals surface area (Å²) in [4.78, 5) is 42.1. The maximum atomic E-state index is 13.2. The van der Waals surface area contributed by atoms with Crippen molar-refractivity contribution in [3.05, 3.63) is 41.7 Å². The summed E-state index contributed by atoms with van der Waals surface area (Å²) in [5.74, 6) is 1.47. The number of urea groups is 1. The Balaban J connectivity index is 1.13. The Kier molecular flexibility index (Phi) is 8.19. The summed E-state index contributed by atoms with van der Waals surface area (Å²) >= 11 is 1.89. The third kappa shape index (κ3) is 6.69. The summed E-state index contributed by atoms with van der Waals surface area (Å²) < 4.78 is 1.83. The highest BCUT2D eigenvalue weighted by Gasteiger charge is 2.42. The first-order valence-corrected chi connectivity index (χ1v) is 15.6. The Morgan fingerprint density at radius 2 is 1.71 bits per heavy atom. The lowest BCUT2D eigenvalue weighted by Gasteiger charge is -2.25. The summed E-state index contributed by atoms with van der Waals surface area (Å²) in [6.45, 7) is 12.6. The molecular formula is C30H42N8O3S. The van der Waals surface area contributed by atoms with Gasteiger partial charge in [-0.1, -0.05) is 27.2 Å². The van der Waals surface area contributed by atoms with Crippen LogP contribution in [0.2, 0.25) is 0 Å². The van der Waals surface area contributed by atoms with E-state index in [0.717, 1.165) is 36.5 Å². The molecule has 0 spiro atoms. The molecule has 4 amide bonds. The van der Waals surface area contributed by atoms with Gasteiger partial charge in [-0.05, 0) is 57.9 Å². The molecule has 1 aromatic carbocycles. The van der Waals surface area contributed by atoms with E-state index in [0.29, 0.717) is 34.3 Å². The second-order valence-corrected chi connectivity index (χ2v) is 14.5. The van der Waals surface area contributed by atoms with E-state index in [4.69, 9.17) is 4.98 Å². The minimum absolute atomic E-state index is 0.0390. The summed E-state index contributed by atoms with van der Waals surface area (Å²) in [6.07, 6.45) is 4.80. The maximum absolute atomic E-state index is 13.2. The van der Waals surface area contributed by atoms with Crippen LogP contribution in [0, 0.1) is 0 Å². The van der Waals surface area contributed by atoms with Gasteiger partial charge in [0.1, 0.15) is 5.56 Å². The average molecular weight is 595 g/mol. The monoisotopic (exact) mass is 594 g/mol. The molecule has 11 nitrogen and oxygen atoms in total. The molecule has 0 aliphatic carbocycles. The Hall–Kier alpha value is -3.67. The lowest BCUT2D eigenvalue weighted by atomic mass is 9.91. The van der Waals surface area contributed by atoms with Gasteiger partial charge >= 0.3 is 6.03 Å². The van der Waals surface area contributed by atoms with E-state index in [1.165, 1.54) is 0 Å². The van der Waals surface area contributed by atoms with Gasteiger partial charge in [-0.15, -0.1) is 0 Å². The number of amides is 4. The van der Waals surface area contributed by atoms with Crippen LogP contribution >= 0.6 is 11.8 Å². The van der Waals surface area contributed by atoms with Gasteiger partial charge in [-0.25, -0.2) is 14.3 Å². The van der Waals surface area contributed by atoms with Crippen LogP contribution in [0.3, 0.4) is 0 Å². The molecule has 6 N–H and O–H groups in total. The van der Waals surface area contributed by atoms with Crippen molar-refractivity contribution in [1.82, 2.24) is 25.2 Å². The third-order valence-electron chi connectivity index (χ3n) is 7.41. The fraction of sp³-hybridized carbons (Fsp3) is 0.533. The Bertz CT molecular complexity index is 1460. The number of carbonyl (C=O) groups is 3. The van der Waals surface area contributed by atoms with Crippen LogP contribution in [0.5, 0.6) is 0 Å². The van der Waals surface area contributed by atoms with Crippen molar-refractivity contribution in [3.8, 4) is 0 Å². The van der Waals surface area contributed by atoms with E-state index >= 15 is 0 Å². The van der Waals surface area contributed by atoms with E-state index < -0.39 is 0 Å². The second-order valence-electron chi connectivity index (χ2n) is 13.2. The lowest BCUT2D eigenvalue weighted by Crippen LogP contribution is -2.36. The number of fused-ring (bicyclic) bond motifs is 2. The van der Waals surface area contributed by atoms with E-state index in [-0.39, 0.29) is 40.9 Å². The molecule has 3 atom stereocenters. The molecule has 2 fully saturated rings. The number of nitrogens with one attached hydrogen (secondary N) is 6. The maximum Gasteiger partial charge on any atom is 0.315 e. The predicted octanol–water partition coefficient (Wildman–Crippen LogP) is 5.09. The number of carbonyl (C=O) groups excluding carboxylic acids is 3. The third-order valence-corrected chi connectivity index (χ3v) is 8.92. The minimum atomic E-state index is -0.273. The van der Waals surface area contributed by atoms with E-state index in [9.17, 15) is 14.4 Å². The molecule has 0 saturated carbocycles. The van der Waals surface area contributed by atoms with Crippen molar-refractivity contribution < 1.29 is 14.4 Å². The first kappa shape index (κ1) is 29.8. The van der Waals surface area contributed by atoms with Crippen LogP contribution in [0.4, 0.5) is 22.0 Å². The van der Waals surface area contributed by atoms with E-state index in [2.05, 4.69) is 73.2 Å². The van der Waals surface area contributed by atoms with Crippen molar-refractivity contribution in [1.29, 1.82) is 0 Å². The number of nitrogens with zero attached hydrogens (tertiary/aromatic N) is 2. The highest BCUT2D eigenvalue weighted by Crippen LogP contribution is 2.34. The second kappa shape index (κ2) is 11.5. The normalized spacial score (nSPS) is 20.2. The van der Waals surface area contributed by atoms with Crippen molar-refractivity contribution in [3.63, 3.8) is 0 Å². The van der Waals surface area contributed by atoms with Gasteiger partial charge in [0.15, 0.2) is 11.5 Å². The molecule has 0 radical (unpaired) electrons. The zero-order valence-electron chi connectivity index (χ0n) is 25.2. The number of aromatic amines is 1. The summed E-state index contributed by atoms with van der Waals surface area (Å²) in [6, 6.07) is 7.46. The van der Waals surface area contributed by atoms with Crippen LogP contribution in [0.25, 0.3) is 5.65 Å². The molecule has 2 saturated heterocycles. The quantitative estimate of drug-likeness (QED) is 0.150. The smallest absolute Gasteiger partial charge is 0.315 e. The van der Waals surface area contributed by atoms with Crippen LogP contribution in [-0.4, -0.2) is 61.1 Å². The van der Waals surface area contributed by atoms with Crippen molar-refractivity contribution in [2.24, 2.45) is 0 Å². The number of aromatic nitrogens is 3. The first-order chi connectivity index (χ1) is 19.8. The highest BCUT2D eigenvalue weighted by atomic mass is 32.2. The fourth-order valence-electron chi connectivity index (χ4n) is 5.41. The number of imidazole rings is 1. The highest BCUT2D eigenvalue weighted by molar-refractivity contribution is 8.00. The summed E-state index contributed by atoms with van der Waals surface area (Å²) in [5.41, 5.74) is 2.77. The zero-order chi connectivity index (χ0) is 30.2. The molecule has 2 aromatic heterocycles. The fourth-order valence-corrected chi connectivity index (χ4v) is 6.96. The number of unbranched alkanes of at least 4 members (excludes halogenated alkanes) is 1. The molecule has 5 rings (SSSR count). The number of anilines is 3. The molecule has 42 heavy (non-hydrogen) atoms. The van der Waals surface area contributed by atoms with Crippen molar-refractivity contribution in [2.75, 3.05) is 21.7 Å². The molecule has 2 aliphatic rings. The average Bonchev–Trinajstić information content (AvgIpc) is 3.64. The zero-order valence-corrected chi connectivity index (χ0v) is 26.0. The molecule has 12 heteroatoms. The molecule has 0 unspecified atom stereocenters. The van der Waals surface area contributed by atoms with Gasteiger partial charge in [0.05, 0.1) is 17.8 Å². The number of hydrogen-bond acceptors (Lipinski definition) is 6. The number of benzene rings is 1. The van der Waals surface area contributed by atoms with E-state index in [1.807, 2.05) is 16.3 Å². The van der Waals surface area contributed by atoms with Gasteiger partial charge in [0.25, 0.3) is 5.91 Å². The lowest BCUT2D eigenvalue weighted by molar-refractivity contribution is -0.116. The van der Waals surface area contributed by atoms with Gasteiger partial charge in [0.2, 0.25) is 5.91 Å². The molecular weight excluding hydrogens is 552 g/mol. The van der Waals surface area contributed by atoms with Gasteiger partial charge in [-0.3, -0.25) is 14.7 Å². The SMILES string of the molecule is CC(C)(C)Nc1c(C(C)(C)C)nc2c(C(=O)Nc3ccc(NC(=O)CCCC[C@@H]4SC[C@@H]5NC(=O)N[C@@H]54)cc3)c[nH]n12. The molecule has 0 bridgehead atoms. The van der Waals surface area contributed by atoms with Gasteiger partial charge in [-0.2, -0.15) is 11.8 Å². The molecule has 3 aromatic rings. The Morgan fingerprint density at radius 3 is 2.38 bits per heavy atom. The molecule has 226 valence electrons. The van der Waals surface area contributed by atoms with Crippen molar-refractivity contribution in [2.45, 2.75) is 95.5 Å². The Labute approximate surface area is 250 Å². The van der Waals surface area contributed by atoms with Crippen molar-refractivity contribution >= 4 is 52.4 Å². The van der Waals surface area contributed by atoms with Gasteiger partial charge in [0, 0.05) is 45.9 Å². The van der Waals surface area contributed by atoms with E-state index in [1.54, 1.807) is 30.5 Å². The predicted molar refractivity (Wildman–Crippen MR) is 169 cm³/mol. The molecule has 4 heterocycles. The number of rotatable bonds is 9. The number of hydrogen-bond donors (Lipinski definition) is 6. The summed E-state index contributed by atoms with van der Waals surface area (Å²) in [7, 11) is 0. The number of H-pyrrole nitrogens is 1. The number of thioether (sulfide) groups is 1. The standard InChI is InChI=1S/C30H42N8O3S/c1-29(2,3)24-26(37-30(4,5)6)38-25(36-24)19(15-31-38)27(40)33-18-13-11-17(12-14-18)32-22(39)10-8-7-9-21-23-20(16-42-21)34-28(41)35-23/h11-15,20-21,23,31,37H,7-10,16H2,1-6H3,(H,32,39)(H,33,40)(H2,34,35,41)/t20-,21-,23-/m0/s1. The minimum Gasteiger partial charge on any atom is -0.364 e. The topological polar surface area (TPSA) is 144 Å². The van der Waals surface area contributed by atoms with Crippen LogP contribution in [0.15, 0.2) is 30.5 Å². The van der Waals surface area contributed by atoms with Crippen LogP contribution in [0.1, 0.15) is 83.3 Å². The van der Waals surface area contributed by atoms with Crippen LogP contribution in [-0.2, 0) is 10.2 Å². The summed E-state index contributed by atoms with van der Waals surface area (Å²) in [5, 5.41) is 19.0.